The second-order valence-corrected chi connectivity index (χ2v) is 5.64. The molecule has 0 fully saturated rings. The summed E-state index contributed by atoms with van der Waals surface area (Å²) in [6, 6.07) is 1.72. The molecule has 0 bridgehead atoms. The Morgan fingerprint density at radius 1 is 1.55 bits per heavy atom. The Labute approximate surface area is 124 Å². The van der Waals surface area contributed by atoms with E-state index in [-0.39, 0.29) is 6.54 Å². The van der Waals surface area contributed by atoms with E-state index in [1.54, 1.807) is 36.1 Å². The molecule has 6 nitrogen and oxygen atoms in total. The molecule has 106 valence electrons. The van der Waals surface area contributed by atoms with Gasteiger partial charge in [-0.05, 0) is 13.0 Å². The van der Waals surface area contributed by atoms with Gasteiger partial charge < -0.3 is 11.1 Å². The van der Waals surface area contributed by atoms with Crippen LogP contribution < -0.4 is 11.1 Å². The smallest absolute Gasteiger partial charge is 0.254 e. The third kappa shape index (κ3) is 3.00. The van der Waals surface area contributed by atoms with E-state index in [9.17, 15) is 9.59 Å². The van der Waals surface area contributed by atoms with Gasteiger partial charge >= 0.3 is 0 Å². The Bertz CT molecular complexity index is 625. The number of nitrogens with two attached hydrogens (primary N) is 1. The van der Waals surface area contributed by atoms with Gasteiger partial charge in [-0.3, -0.25) is 14.3 Å². The van der Waals surface area contributed by atoms with Crippen LogP contribution in [0.15, 0.2) is 29.2 Å². The van der Waals surface area contributed by atoms with Crippen molar-refractivity contribution in [2.45, 2.75) is 19.0 Å². The van der Waals surface area contributed by atoms with Crippen LogP contribution in [-0.4, -0.2) is 27.1 Å². The second-order valence-electron chi connectivity index (χ2n) is 4.49. The molecule has 1 unspecified atom stereocenters. The molecule has 2 amide bonds. The molecule has 0 saturated carbocycles. The van der Waals surface area contributed by atoms with E-state index in [2.05, 4.69) is 10.4 Å². The van der Waals surface area contributed by atoms with Gasteiger partial charge in [0.2, 0.25) is 5.91 Å². The van der Waals surface area contributed by atoms with E-state index in [0.717, 1.165) is 0 Å². The van der Waals surface area contributed by atoms with E-state index in [4.69, 9.17) is 17.3 Å². The van der Waals surface area contributed by atoms with Gasteiger partial charge in [-0.2, -0.15) is 5.10 Å². The summed E-state index contributed by atoms with van der Waals surface area (Å²) in [6.45, 7) is 1.69. The second kappa shape index (κ2) is 5.64. The lowest BCUT2D eigenvalue weighted by atomic mass is 10.0. The van der Waals surface area contributed by atoms with Crippen molar-refractivity contribution in [1.29, 1.82) is 0 Å². The van der Waals surface area contributed by atoms with Crippen molar-refractivity contribution in [2.75, 3.05) is 0 Å². The number of hydrogen-bond acceptors (Lipinski definition) is 4. The summed E-state index contributed by atoms with van der Waals surface area (Å²) in [7, 11) is 0. The molecule has 0 aromatic carbocycles. The molecule has 0 aliphatic carbocycles. The molecule has 2 heterocycles. The predicted molar refractivity (Wildman–Crippen MR) is 76.6 cm³/mol. The fourth-order valence-electron chi connectivity index (χ4n) is 1.66. The lowest BCUT2D eigenvalue weighted by Gasteiger charge is -2.27. The molecule has 8 heteroatoms. The zero-order valence-electron chi connectivity index (χ0n) is 10.7. The molecule has 0 spiro atoms. The molecular weight excluding hydrogens is 300 g/mol. The quantitative estimate of drug-likeness (QED) is 0.871. The summed E-state index contributed by atoms with van der Waals surface area (Å²) in [5, 5.41) is 10.2. The normalized spacial score (nSPS) is 13.7. The van der Waals surface area contributed by atoms with Gasteiger partial charge in [-0.15, -0.1) is 11.3 Å². The Balaban J connectivity index is 2.19. The molecule has 2 aromatic heterocycles. The first kappa shape index (κ1) is 14.5. The summed E-state index contributed by atoms with van der Waals surface area (Å²) >= 11 is 7.21. The maximum Gasteiger partial charge on any atom is 0.254 e. The van der Waals surface area contributed by atoms with E-state index in [1.807, 2.05) is 0 Å². The van der Waals surface area contributed by atoms with Crippen molar-refractivity contribution in [3.63, 3.8) is 0 Å². The van der Waals surface area contributed by atoms with Crippen molar-refractivity contribution in [3.05, 3.63) is 39.8 Å². The summed E-state index contributed by atoms with van der Waals surface area (Å²) in [4.78, 5) is 23.8. The fourth-order valence-corrected chi connectivity index (χ4v) is 2.70. The number of halogens is 1. The number of thiophene rings is 1. The van der Waals surface area contributed by atoms with Gasteiger partial charge in [0, 0.05) is 23.2 Å². The van der Waals surface area contributed by atoms with Gasteiger partial charge in [0.15, 0.2) is 0 Å². The summed E-state index contributed by atoms with van der Waals surface area (Å²) in [6.07, 6.45) is 3.27. The number of rotatable bonds is 5. The van der Waals surface area contributed by atoms with Crippen molar-refractivity contribution in [1.82, 2.24) is 15.1 Å². The highest BCUT2D eigenvalue weighted by molar-refractivity contribution is 7.08. The van der Waals surface area contributed by atoms with Crippen LogP contribution in [0, 0.1) is 0 Å². The van der Waals surface area contributed by atoms with Gasteiger partial charge in [0.25, 0.3) is 5.91 Å². The van der Waals surface area contributed by atoms with Gasteiger partial charge in [0.1, 0.15) is 5.54 Å². The minimum absolute atomic E-state index is 0.142. The number of amides is 2. The molecule has 20 heavy (non-hydrogen) atoms. The monoisotopic (exact) mass is 312 g/mol. The van der Waals surface area contributed by atoms with E-state index >= 15 is 0 Å². The summed E-state index contributed by atoms with van der Waals surface area (Å²) in [5.41, 5.74) is 4.47. The number of carbonyl (C=O) groups excluding carboxylic acids is 2. The topological polar surface area (TPSA) is 90.0 Å². The van der Waals surface area contributed by atoms with Crippen molar-refractivity contribution in [3.8, 4) is 0 Å². The van der Waals surface area contributed by atoms with Crippen LogP contribution in [0.25, 0.3) is 0 Å². The third-order valence-corrected chi connectivity index (χ3v) is 4.02. The molecule has 0 aliphatic heterocycles. The standard InChI is InChI=1S/C12H13ClN4O2S/c1-12(11(14)19,7-17-4-2-3-15-17)16-10(18)8-5-20-6-9(8)13/h2-6H,7H2,1H3,(H2,14,19)(H,16,18). The highest BCUT2D eigenvalue weighted by Gasteiger charge is 2.34. The maximum absolute atomic E-state index is 12.1. The number of primary amides is 1. The SMILES string of the molecule is CC(Cn1cccn1)(NC(=O)c1cscc1Cl)C(N)=O. The van der Waals surface area contributed by atoms with Crippen molar-refractivity contribution < 1.29 is 9.59 Å². The first-order valence-corrected chi connectivity index (χ1v) is 7.06. The molecular formula is C12H13ClN4O2S. The Morgan fingerprint density at radius 2 is 2.30 bits per heavy atom. The molecule has 1 atom stereocenters. The molecule has 2 aromatic rings. The van der Waals surface area contributed by atoms with E-state index in [1.165, 1.54) is 16.0 Å². The number of carbonyl (C=O) groups is 2. The predicted octanol–water partition coefficient (Wildman–Crippen LogP) is 1.27. The molecule has 2 rings (SSSR count). The Kier molecular flexibility index (Phi) is 4.10. The number of aromatic nitrogens is 2. The highest BCUT2D eigenvalue weighted by atomic mass is 35.5. The van der Waals surface area contributed by atoms with Crippen molar-refractivity contribution in [2.24, 2.45) is 5.73 Å². The number of nitrogens with zero attached hydrogens (tertiary/aromatic N) is 2. The molecule has 0 radical (unpaired) electrons. The van der Waals surface area contributed by atoms with Crippen LogP contribution in [0.1, 0.15) is 17.3 Å². The third-order valence-electron chi connectivity index (χ3n) is 2.83. The van der Waals surface area contributed by atoms with Crippen LogP contribution in [0.4, 0.5) is 0 Å². The largest absolute Gasteiger partial charge is 0.368 e. The average Bonchev–Trinajstić information content (AvgIpc) is 3.00. The Morgan fingerprint density at radius 3 is 2.80 bits per heavy atom. The minimum atomic E-state index is -1.26. The van der Waals surface area contributed by atoms with Crippen molar-refractivity contribution >= 4 is 34.8 Å². The van der Waals surface area contributed by atoms with E-state index < -0.39 is 17.4 Å². The van der Waals surface area contributed by atoms with Crippen LogP contribution in [0.2, 0.25) is 5.02 Å². The van der Waals surface area contributed by atoms with E-state index in [0.29, 0.717) is 10.6 Å². The first-order chi connectivity index (χ1) is 9.42. The van der Waals surface area contributed by atoms with Crippen LogP contribution in [-0.2, 0) is 11.3 Å². The number of nitrogens with one attached hydrogen (secondary N) is 1. The zero-order chi connectivity index (χ0) is 14.8. The van der Waals surface area contributed by atoms with Crippen LogP contribution >= 0.6 is 22.9 Å². The number of hydrogen-bond donors (Lipinski definition) is 2. The molecule has 3 N–H and O–H groups in total. The maximum atomic E-state index is 12.1. The Hall–Kier alpha value is -1.86. The summed E-state index contributed by atoms with van der Waals surface area (Å²) in [5.74, 6) is -1.09. The molecule has 0 aliphatic rings. The van der Waals surface area contributed by atoms with Crippen LogP contribution in [0.3, 0.4) is 0 Å². The van der Waals surface area contributed by atoms with Crippen LogP contribution in [0.5, 0.6) is 0 Å². The van der Waals surface area contributed by atoms with Gasteiger partial charge in [0.05, 0.1) is 17.1 Å². The first-order valence-electron chi connectivity index (χ1n) is 5.74. The fraction of sp³-hybridized carbons (Fsp3) is 0.250. The van der Waals surface area contributed by atoms with Gasteiger partial charge in [-0.25, -0.2) is 0 Å². The average molecular weight is 313 g/mol. The van der Waals surface area contributed by atoms with Gasteiger partial charge in [-0.1, -0.05) is 11.6 Å². The lowest BCUT2D eigenvalue weighted by molar-refractivity contribution is -0.124. The minimum Gasteiger partial charge on any atom is -0.368 e. The lowest BCUT2D eigenvalue weighted by Crippen LogP contribution is -2.57. The zero-order valence-corrected chi connectivity index (χ0v) is 12.2. The molecule has 0 saturated heterocycles. The summed E-state index contributed by atoms with van der Waals surface area (Å²) < 4.78 is 1.53. The highest BCUT2D eigenvalue weighted by Crippen LogP contribution is 2.21.